The van der Waals surface area contributed by atoms with Crippen LogP contribution in [0.3, 0.4) is 0 Å². The molecule has 0 heterocycles. The highest BCUT2D eigenvalue weighted by atomic mass is 35.5. The van der Waals surface area contributed by atoms with Crippen molar-refractivity contribution in [3.63, 3.8) is 0 Å². The van der Waals surface area contributed by atoms with Crippen LogP contribution >= 0.6 is 11.6 Å². The number of nitrogens with one attached hydrogen (secondary N) is 2. The quantitative estimate of drug-likeness (QED) is 0.731. The van der Waals surface area contributed by atoms with Crippen LogP contribution in [0.2, 0.25) is 5.02 Å². The highest BCUT2D eigenvalue weighted by Crippen LogP contribution is 2.10. The molecule has 0 aliphatic heterocycles. The molecule has 0 aliphatic rings. The Morgan fingerprint density at radius 2 is 1.94 bits per heavy atom. The molecule has 0 saturated heterocycles. The zero-order valence-corrected chi connectivity index (χ0v) is 10.9. The second-order valence-corrected chi connectivity index (χ2v) is 4.37. The van der Waals surface area contributed by atoms with E-state index in [1.807, 2.05) is 31.3 Å². The third-order valence-electron chi connectivity index (χ3n) is 2.48. The molecule has 0 aromatic heterocycles. The molecule has 0 bridgehead atoms. The van der Waals surface area contributed by atoms with Crippen molar-refractivity contribution in [3.8, 4) is 0 Å². The highest BCUT2D eigenvalue weighted by molar-refractivity contribution is 6.30. The van der Waals surface area contributed by atoms with Gasteiger partial charge in [-0.3, -0.25) is 4.79 Å². The number of hydrogen-bond acceptors (Lipinski definition) is 2. The van der Waals surface area contributed by atoms with Crippen LogP contribution in [0, 0.1) is 0 Å². The Bertz CT molecular complexity index is 338. The summed E-state index contributed by atoms with van der Waals surface area (Å²) in [6, 6.07) is 7.61. The van der Waals surface area contributed by atoms with E-state index in [9.17, 15) is 4.79 Å². The Morgan fingerprint density at radius 1 is 1.24 bits per heavy atom. The Labute approximate surface area is 108 Å². The van der Waals surface area contributed by atoms with Crippen LogP contribution in [-0.2, 0) is 11.2 Å². The summed E-state index contributed by atoms with van der Waals surface area (Å²) >= 11 is 5.79. The first-order valence-electron chi connectivity index (χ1n) is 5.88. The molecule has 0 radical (unpaired) electrons. The number of rotatable bonds is 7. The fourth-order valence-electron chi connectivity index (χ4n) is 1.49. The molecule has 1 amide bonds. The molecule has 2 N–H and O–H groups in total. The maximum absolute atomic E-state index is 11.5. The lowest BCUT2D eigenvalue weighted by molar-refractivity contribution is -0.121. The van der Waals surface area contributed by atoms with Gasteiger partial charge in [0, 0.05) is 18.0 Å². The van der Waals surface area contributed by atoms with Gasteiger partial charge in [-0.2, -0.15) is 0 Å². The Hall–Kier alpha value is -1.06. The van der Waals surface area contributed by atoms with Crippen molar-refractivity contribution < 1.29 is 4.79 Å². The van der Waals surface area contributed by atoms with E-state index in [0.29, 0.717) is 6.42 Å². The van der Waals surface area contributed by atoms with E-state index in [4.69, 9.17) is 11.6 Å². The highest BCUT2D eigenvalue weighted by Gasteiger charge is 2.01. The van der Waals surface area contributed by atoms with Gasteiger partial charge >= 0.3 is 0 Å². The van der Waals surface area contributed by atoms with Crippen molar-refractivity contribution in [2.24, 2.45) is 0 Å². The molecule has 0 saturated carbocycles. The van der Waals surface area contributed by atoms with E-state index in [1.165, 1.54) is 0 Å². The Balaban J connectivity index is 2.17. The van der Waals surface area contributed by atoms with Crippen LogP contribution < -0.4 is 10.6 Å². The van der Waals surface area contributed by atoms with Crippen molar-refractivity contribution in [2.75, 3.05) is 20.1 Å². The van der Waals surface area contributed by atoms with Gasteiger partial charge in [-0.1, -0.05) is 23.7 Å². The number of hydrogen-bond donors (Lipinski definition) is 2. The summed E-state index contributed by atoms with van der Waals surface area (Å²) < 4.78 is 0. The number of carbonyl (C=O) groups is 1. The summed E-state index contributed by atoms with van der Waals surface area (Å²) in [6.45, 7) is 1.66. The van der Waals surface area contributed by atoms with Crippen LogP contribution in [0.15, 0.2) is 24.3 Å². The molecule has 1 aromatic rings. The molecule has 0 spiro atoms. The first-order valence-corrected chi connectivity index (χ1v) is 6.26. The monoisotopic (exact) mass is 254 g/mol. The first-order chi connectivity index (χ1) is 8.22. The summed E-state index contributed by atoms with van der Waals surface area (Å²) in [5, 5.41) is 6.66. The lowest BCUT2D eigenvalue weighted by Gasteiger charge is -2.05. The van der Waals surface area contributed by atoms with Crippen molar-refractivity contribution >= 4 is 17.5 Å². The molecule has 1 aromatic carbocycles. The average molecular weight is 255 g/mol. The number of aryl methyl sites for hydroxylation is 1. The second kappa shape index (κ2) is 8.09. The maximum Gasteiger partial charge on any atom is 0.220 e. The van der Waals surface area contributed by atoms with Gasteiger partial charge in [0.1, 0.15) is 0 Å². The minimum atomic E-state index is 0.107. The number of halogens is 1. The van der Waals surface area contributed by atoms with Gasteiger partial charge < -0.3 is 10.6 Å². The molecule has 4 heteroatoms. The van der Waals surface area contributed by atoms with Crippen LogP contribution in [-0.4, -0.2) is 26.0 Å². The normalized spacial score (nSPS) is 10.2. The third-order valence-corrected chi connectivity index (χ3v) is 2.73. The van der Waals surface area contributed by atoms with E-state index >= 15 is 0 Å². The SMILES string of the molecule is CNCCCNC(=O)CCc1ccc(Cl)cc1. The fourth-order valence-corrected chi connectivity index (χ4v) is 1.62. The minimum absolute atomic E-state index is 0.107. The summed E-state index contributed by atoms with van der Waals surface area (Å²) in [6.07, 6.45) is 2.25. The number of amides is 1. The summed E-state index contributed by atoms with van der Waals surface area (Å²) in [5.41, 5.74) is 1.14. The Kier molecular flexibility index (Phi) is 6.67. The molecule has 0 unspecified atom stereocenters. The third kappa shape index (κ3) is 6.29. The molecule has 17 heavy (non-hydrogen) atoms. The molecule has 0 atom stereocenters. The van der Waals surface area contributed by atoms with Crippen molar-refractivity contribution in [2.45, 2.75) is 19.3 Å². The van der Waals surface area contributed by atoms with E-state index in [2.05, 4.69) is 10.6 Å². The molecule has 0 aliphatic carbocycles. The Morgan fingerprint density at radius 3 is 2.59 bits per heavy atom. The number of carbonyl (C=O) groups excluding carboxylic acids is 1. The van der Waals surface area contributed by atoms with E-state index < -0.39 is 0 Å². The van der Waals surface area contributed by atoms with E-state index in [1.54, 1.807) is 0 Å². The summed E-state index contributed by atoms with van der Waals surface area (Å²) in [4.78, 5) is 11.5. The van der Waals surface area contributed by atoms with Gasteiger partial charge in [0.2, 0.25) is 5.91 Å². The van der Waals surface area contributed by atoms with Gasteiger partial charge in [0.25, 0.3) is 0 Å². The van der Waals surface area contributed by atoms with Crippen LogP contribution in [0.1, 0.15) is 18.4 Å². The van der Waals surface area contributed by atoms with E-state index in [-0.39, 0.29) is 5.91 Å². The van der Waals surface area contributed by atoms with Gasteiger partial charge in [-0.15, -0.1) is 0 Å². The van der Waals surface area contributed by atoms with Crippen LogP contribution in [0.5, 0.6) is 0 Å². The van der Waals surface area contributed by atoms with Gasteiger partial charge in [0.15, 0.2) is 0 Å². The van der Waals surface area contributed by atoms with E-state index in [0.717, 1.165) is 36.5 Å². The van der Waals surface area contributed by atoms with Crippen molar-refractivity contribution in [1.29, 1.82) is 0 Å². The molecule has 1 rings (SSSR count). The average Bonchev–Trinajstić information content (AvgIpc) is 2.34. The lowest BCUT2D eigenvalue weighted by Crippen LogP contribution is -2.26. The molecule has 3 nitrogen and oxygen atoms in total. The zero-order valence-electron chi connectivity index (χ0n) is 10.1. The molecular formula is C13H19ClN2O. The minimum Gasteiger partial charge on any atom is -0.356 e. The largest absolute Gasteiger partial charge is 0.356 e. The topological polar surface area (TPSA) is 41.1 Å². The van der Waals surface area contributed by atoms with Crippen molar-refractivity contribution in [3.05, 3.63) is 34.9 Å². The predicted molar refractivity (Wildman–Crippen MR) is 71.3 cm³/mol. The van der Waals surface area contributed by atoms with Crippen LogP contribution in [0.25, 0.3) is 0 Å². The first kappa shape index (κ1) is 14.0. The molecular weight excluding hydrogens is 236 g/mol. The lowest BCUT2D eigenvalue weighted by atomic mass is 10.1. The van der Waals surface area contributed by atoms with Crippen molar-refractivity contribution in [1.82, 2.24) is 10.6 Å². The number of benzene rings is 1. The zero-order chi connectivity index (χ0) is 12.5. The summed E-state index contributed by atoms with van der Waals surface area (Å²) in [5.74, 6) is 0.107. The smallest absolute Gasteiger partial charge is 0.220 e. The fraction of sp³-hybridized carbons (Fsp3) is 0.462. The van der Waals surface area contributed by atoms with Gasteiger partial charge in [0.05, 0.1) is 0 Å². The standard InChI is InChI=1S/C13H19ClN2O/c1-15-9-2-10-16-13(17)8-5-11-3-6-12(14)7-4-11/h3-4,6-7,15H,2,5,8-10H2,1H3,(H,16,17). The summed E-state index contributed by atoms with van der Waals surface area (Å²) in [7, 11) is 1.91. The predicted octanol–water partition coefficient (Wildman–Crippen LogP) is 2.00. The second-order valence-electron chi connectivity index (χ2n) is 3.93. The van der Waals surface area contributed by atoms with Crippen LogP contribution in [0.4, 0.5) is 0 Å². The van der Waals surface area contributed by atoms with Gasteiger partial charge in [-0.05, 0) is 44.1 Å². The van der Waals surface area contributed by atoms with Gasteiger partial charge in [-0.25, -0.2) is 0 Å². The molecule has 94 valence electrons. The molecule has 0 fully saturated rings. The maximum atomic E-state index is 11.5.